The quantitative estimate of drug-likeness (QED) is 0.352. The maximum atomic E-state index is 6.46. The topological polar surface area (TPSA) is 48.3 Å². The highest BCUT2D eigenvalue weighted by molar-refractivity contribution is 6.35. The van der Waals surface area contributed by atoms with Crippen molar-refractivity contribution >= 4 is 47.2 Å². The number of imidazole rings is 1. The largest absolute Gasteiger partial charge is 0.493 e. The highest BCUT2D eigenvalue weighted by Crippen LogP contribution is 2.37. The predicted molar refractivity (Wildman–Crippen MR) is 125 cm³/mol. The zero-order chi connectivity index (χ0) is 20.6. The van der Waals surface area contributed by atoms with Gasteiger partial charge in [-0.25, -0.2) is 4.98 Å². The molecule has 1 aromatic heterocycles. The minimum Gasteiger partial charge on any atom is -0.493 e. The van der Waals surface area contributed by atoms with Gasteiger partial charge in [-0.1, -0.05) is 40.9 Å². The molecule has 2 aromatic carbocycles. The van der Waals surface area contributed by atoms with Crippen LogP contribution in [0.4, 0.5) is 0 Å². The Morgan fingerprint density at radius 2 is 1.93 bits per heavy atom. The highest BCUT2D eigenvalue weighted by atomic mass is 35.5. The van der Waals surface area contributed by atoms with Crippen molar-refractivity contribution in [2.24, 2.45) is 0 Å². The Bertz CT molecular complexity index is 936. The Labute approximate surface area is 197 Å². The third kappa shape index (κ3) is 6.96. The van der Waals surface area contributed by atoms with E-state index < -0.39 is 0 Å². The van der Waals surface area contributed by atoms with Gasteiger partial charge in [0, 0.05) is 41.1 Å². The summed E-state index contributed by atoms with van der Waals surface area (Å²) >= 11 is 18.6. The molecule has 5 nitrogen and oxygen atoms in total. The van der Waals surface area contributed by atoms with E-state index in [9.17, 15) is 0 Å². The maximum absolute atomic E-state index is 6.46. The number of hydrogen-bond donors (Lipinski definition) is 1. The summed E-state index contributed by atoms with van der Waals surface area (Å²) in [7, 11) is 1.59. The molecule has 3 aromatic rings. The van der Waals surface area contributed by atoms with Gasteiger partial charge >= 0.3 is 0 Å². The fourth-order valence-electron chi connectivity index (χ4n) is 2.84. The van der Waals surface area contributed by atoms with Crippen molar-refractivity contribution in [3.8, 4) is 11.5 Å². The van der Waals surface area contributed by atoms with Crippen LogP contribution in [0.25, 0.3) is 0 Å². The molecule has 162 valence electrons. The van der Waals surface area contributed by atoms with Crippen molar-refractivity contribution in [2.45, 2.75) is 26.1 Å². The molecule has 0 bridgehead atoms. The summed E-state index contributed by atoms with van der Waals surface area (Å²) in [5, 5.41) is 5.03. The van der Waals surface area contributed by atoms with Gasteiger partial charge in [0.1, 0.15) is 6.61 Å². The van der Waals surface area contributed by atoms with Gasteiger partial charge in [0.25, 0.3) is 0 Å². The molecular formula is C21H23Cl4N3O2. The van der Waals surface area contributed by atoms with Gasteiger partial charge in [-0.3, -0.25) is 0 Å². The van der Waals surface area contributed by atoms with Crippen LogP contribution in [0.5, 0.6) is 11.5 Å². The van der Waals surface area contributed by atoms with Gasteiger partial charge in [-0.2, -0.15) is 0 Å². The minimum atomic E-state index is 0. The Hall–Kier alpha value is -1.63. The van der Waals surface area contributed by atoms with E-state index in [1.807, 2.05) is 30.7 Å². The van der Waals surface area contributed by atoms with E-state index in [0.29, 0.717) is 33.1 Å². The van der Waals surface area contributed by atoms with E-state index >= 15 is 0 Å². The summed E-state index contributed by atoms with van der Waals surface area (Å²) in [4.78, 5) is 4.04. The lowest BCUT2D eigenvalue weighted by atomic mass is 10.2. The Morgan fingerprint density at radius 1 is 1.10 bits per heavy atom. The summed E-state index contributed by atoms with van der Waals surface area (Å²) in [5.74, 6) is 1.07. The van der Waals surface area contributed by atoms with Crippen LogP contribution < -0.4 is 14.8 Å². The maximum Gasteiger partial charge on any atom is 0.180 e. The van der Waals surface area contributed by atoms with Gasteiger partial charge in [-0.15, -0.1) is 12.4 Å². The molecule has 0 aliphatic carbocycles. The molecule has 1 heterocycles. The summed E-state index contributed by atoms with van der Waals surface area (Å²) in [6, 6.07) is 9.08. The molecule has 0 unspecified atom stereocenters. The second-order valence-corrected chi connectivity index (χ2v) is 7.72. The van der Waals surface area contributed by atoms with Crippen LogP contribution in [-0.4, -0.2) is 23.2 Å². The van der Waals surface area contributed by atoms with Gasteiger partial charge in [0.15, 0.2) is 11.5 Å². The SMILES string of the molecule is COc1cc(CNCCCn2ccnc2)cc(Cl)c1OCc1ccc(Cl)cc1Cl.Cl. The van der Waals surface area contributed by atoms with Gasteiger partial charge in [-0.05, 0) is 42.8 Å². The first-order valence-electron chi connectivity index (χ1n) is 9.16. The Balaban J connectivity index is 0.00000320. The molecule has 0 aliphatic rings. The predicted octanol–water partition coefficient (Wildman–Crippen LogP) is 6.03. The third-order valence-electron chi connectivity index (χ3n) is 4.33. The molecule has 30 heavy (non-hydrogen) atoms. The minimum absolute atomic E-state index is 0. The molecule has 3 rings (SSSR count). The van der Waals surface area contributed by atoms with Crippen LogP contribution in [0.1, 0.15) is 17.5 Å². The summed E-state index contributed by atoms with van der Waals surface area (Å²) in [6.45, 7) is 2.75. The number of ether oxygens (including phenoxy) is 2. The average Bonchev–Trinajstić information content (AvgIpc) is 3.21. The van der Waals surface area contributed by atoms with Crippen molar-refractivity contribution in [1.82, 2.24) is 14.9 Å². The normalized spacial score (nSPS) is 10.5. The second-order valence-electron chi connectivity index (χ2n) is 6.46. The molecule has 0 saturated heterocycles. The number of halogens is 4. The van der Waals surface area contributed by atoms with Crippen LogP contribution in [0.2, 0.25) is 15.1 Å². The summed E-state index contributed by atoms with van der Waals surface area (Å²) < 4.78 is 13.4. The van der Waals surface area contributed by atoms with E-state index in [-0.39, 0.29) is 19.0 Å². The zero-order valence-corrected chi connectivity index (χ0v) is 19.5. The molecule has 0 amide bonds. The molecular weight excluding hydrogens is 468 g/mol. The van der Waals surface area contributed by atoms with E-state index in [0.717, 1.165) is 30.6 Å². The van der Waals surface area contributed by atoms with Crippen molar-refractivity contribution < 1.29 is 9.47 Å². The number of aryl methyl sites for hydroxylation is 1. The Kier molecular flexibility index (Phi) is 10.1. The lowest BCUT2D eigenvalue weighted by molar-refractivity contribution is 0.284. The third-order valence-corrected chi connectivity index (χ3v) is 5.20. The number of hydrogen-bond acceptors (Lipinski definition) is 4. The fourth-order valence-corrected chi connectivity index (χ4v) is 3.59. The summed E-state index contributed by atoms with van der Waals surface area (Å²) in [6.07, 6.45) is 6.57. The molecule has 1 N–H and O–H groups in total. The highest BCUT2D eigenvalue weighted by Gasteiger charge is 2.13. The number of nitrogens with zero attached hydrogens (tertiary/aromatic N) is 2. The smallest absolute Gasteiger partial charge is 0.180 e. The van der Waals surface area contributed by atoms with E-state index in [1.165, 1.54) is 0 Å². The Morgan fingerprint density at radius 3 is 2.63 bits per heavy atom. The first-order chi connectivity index (χ1) is 14.1. The molecule has 0 fully saturated rings. The second kappa shape index (κ2) is 12.3. The lowest BCUT2D eigenvalue weighted by Crippen LogP contribution is -2.16. The van der Waals surface area contributed by atoms with Crippen molar-refractivity contribution in [1.29, 1.82) is 0 Å². The van der Waals surface area contributed by atoms with Crippen molar-refractivity contribution in [3.05, 3.63) is 75.2 Å². The molecule has 9 heteroatoms. The summed E-state index contributed by atoms with van der Waals surface area (Å²) in [5.41, 5.74) is 1.84. The number of benzene rings is 2. The average molecular weight is 491 g/mol. The molecule has 0 radical (unpaired) electrons. The van der Waals surface area contributed by atoms with E-state index in [2.05, 4.69) is 14.9 Å². The first kappa shape index (κ1) is 24.6. The van der Waals surface area contributed by atoms with Crippen LogP contribution >= 0.6 is 47.2 Å². The van der Waals surface area contributed by atoms with E-state index in [1.54, 1.807) is 25.4 Å². The first-order valence-corrected chi connectivity index (χ1v) is 10.3. The standard InChI is InChI=1S/C21H22Cl3N3O2.ClH/c1-28-20-10-15(12-25-5-2-7-27-8-6-26-14-27)9-19(24)21(20)29-13-16-3-4-17(22)11-18(16)23;/h3-4,6,8-11,14,25H,2,5,7,12-13H2,1H3;1H. The molecule has 0 saturated carbocycles. The molecule has 0 atom stereocenters. The zero-order valence-electron chi connectivity index (χ0n) is 16.4. The van der Waals surface area contributed by atoms with Crippen molar-refractivity contribution in [3.63, 3.8) is 0 Å². The lowest BCUT2D eigenvalue weighted by Gasteiger charge is -2.15. The number of nitrogens with one attached hydrogen (secondary N) is 1. The number of rotatable bonds is 10. The fraction of sp³-hybridized carbons (Fsp3) is 0.286. The number of methoxy groups -OCH3 is 1. The van der Waals surface area contributed by atoms with E-state index in [4.69, 9.17) is 44.3 Å². The monoisotopic (exact) mass is 489 g/mol. The molecule has 0 aliphatic heterocycles. The van der Waals surface area contributed by atoms with Crippen LogP contribution in [0.3, 0.4) is 0 Å². The van der Waals surface area contributed by atoms with Gasteiger partial charge in [0.2, 0.25) is 0 Å². The van der Waals surface area contributed by atoms with Gasteiger partial charge < -0.3 is 19.4 Å². The number of aromatic nitrogens is 2. The van der Waals surface area contributed by atoms with Gasteiger partial charge in [0.05, 0.1) is 18.5 Å². The van der Waals surface area contributed by atoms with Crippen LogP contribution in [0.15, 0.2) is 49.1 Å². The van der Waals surface area contributed by atoms with Crippen molar-refractivity contribution in [2.75, 3.05) is 13.7 Å². The van der Waals surface area contributed by atoms with Crippen LogP contribution in [0, 0.1) is 0 Å². The van der Waals surface area contributed by atoms with Crippen LogP contribution in [-0.2, 0) is 19.7 Å². The molecule has 0 spiro atoms.